The molecular formula is C21H23ClN4OS. The molecule has 4 rings (SSSR count). The largest absolute Gasteiger partial charge is 0.352 e. The highest BCUT2D eigenvalue weighted by Crippen LogP contribution is 2.35. The predicted molar refractivity (Wildman–Crippen MR) is 116 cm³/mol. The summed E-state index contributed by atoms with van der Waals surface area (Å²) in [5.74, 6) is 1.88. The summed E-state index contributed by atoms with van der Waals surface area (Å²) in [7, 11) is 0. The van der Waals surface area contributed by atoms with Crippen molar-refractivity contribution in [2.75, 3.05) is 37.0 Å². The van der Waals surface area contributed by atoms with Crippen LogP contribution in [0.1, 0.15) is 21.8 Å². The molecule has 3 heterocycles. The number of halogens is 1. The molecule has 2 aromatic heterocycles. The maximum Gasteiger partial charge on any atom is 0.237 e. The summed E-state index contributed by atoms with van der Waals surface area (Å²) < 4.78 is 0. The standard InChI is InChI=1S/C21H23ClN4OS/c1-14-15(2)28-21-19(14)20(26-10-8-25(9-11-26)18(27)13-22)23-17(24-21)12-16-6-4-3-5-7-16/h3-7H,8-13H2,1-2H3. The van der Waals surface area contributed by atoms with E-state index in [2.05, 4.69) is 30.9 Å². The van der Waals surface area contributed by atoms with Crippen LogP contribution in [0.3, 0.4) is 0 Å². The number of alkyl halides is 1. The van der Waals surface area contributed by atoms with E-state index in [0.717, 1.165) is 34.9 Å². The van der Waals surface area contributed by atoms with Gasteiger partial charge >= 0.3 is 0 Å². The number of amides is 1. The first-order valence-corrected chi connectivity index (χ1v) is 10.8. The van der Waals surface area contributed by atoms with Crippen molar-refractivity contribution in [2.45, 2.75) is 20.3 Å². The monoisotopic (exact) mass is 414 g/mol. The topological polar surface area (TPSA) is 49.3 Å². The molecule has 0 aliphatic carbocycles. The number of thiophene rings is 1. The van der Waals surface area contributed by atoms with Gasteiger partial charge in [-0.25, -0.2) is 9.97 Å². The van der Waals surface area contributed by atoms with E-state index in [1.165, 1.54) is 16.0 Å². The maximum absolute atomic E-state index is 11.9. The highest BCUT2D eigenvalue weighted by molar-refractivity contribution is 7.18. The average Bonchev–Trinajstić information content (AvgIpc) is 3.01. The number of benzene rings is 1. The van der Waals surface area contributed by atoms with Crippen LogP contribution in [0, 0.1) is 13.8 Å². The number of aryl methyl sites for hydroxylation is 2. The van der Waals surface area contributed by atoms with Gasteiger partial charge in [0, 0.05) is 37.5 Å². The minimum Gasteiger partial charge on any atom is -0.352 e. The lowest BCUT2D eigenvalue weighted by molar-refractivity contribution is -0.128. The van der Waals surface area contributed by atoms with Crippen LogP contribution in [0.25, 0.3) is 10.2 Å². The summed E-state index contributed by atoms with van der Waals surface area (Å²) in [5, 5.41) is 1.15. The third-order valence-corrected chi connectivity index (χ3v) is 6.64. The fraction of sp³-hybridized carbons (Fsp3) is 0.381. The first-order valence-electron chi connectivity index (χ1n) is 9.46. The van der Waals surface area contributed by atoms with Crippen molar-refractivity contribution in [1.82, 2.24) is 14.9 Å². The molecule has 5 nitrogen and oxygen atoms in total. The summed E-state index contributed by atoms with van der Waals surface area (Å²) in [6, 6.07) is 10.3. The minimum absolute atomic E-state index is 0.00137. The number of piperazine rings is 1. The molecule has 28 heavy (non-hydrogen) atoms. The van der Waals surface area contributed by atoms with Gasteiger partial charge in [-0.05, 0) is 25.0 Å². The number of nitrogens with zero attached hydrogens (tertiary/aromatic N) is 4. The normalized spacial score (nSPS) is 14.7. The van der Waals surface area contributed by atoms with E-state index in [4.69, 9.17) is 21.6 Å². The third-order valence-electron chi connectivity index (χ3n) is 5.31. The van der Waals surface area contributed by atoms with Crippen molar-refractivity contribution >= 4 is 44.9 Å². The minimum atomic E-state index is 0.00137. The fourth-order valence-corrected chi connectivity index (χ4v) is 4.82. The van der Waals surface area contributed by atoms with Crippen molar-refractivity contribution in [3.8, 4) is 0 Å². The lowest BCUT2D eigenvalue weighted by Crippen LogP contribution is -2.49. The Morgan fingerprint density at radius 2 is 1.82 bits per heavy atom. The molecule has 0 saturated carbocycles. The lowest BCUT2D eigenvalue weighted by Gasteiger charge is -2.35. The van der Waals surface area contributed by atoms with Gasteiger partial charge in [0.15, 0.2) is 0 Å². The molecule has 3 aromatic rings. The summed E-state index contributed by atoms with van der Waals surface area (Å²) >= 11 is 7.45. The highest BCUT2D eigenvalue weighted by Gasteiger charge is 2.25. The molecule has 0 bridgehead atoms. The van der Waals surface area contributed by atoms with Crippen LogP contribution < -0.4 is 4.90 Å². The van der Waals surface area contributed by atoms with E-state index in [-0.39, 0.29) is 11.8 Å². The molecule has 1 saturated heterocycles. The van der Waals surface area contributed by atoms with E-state index in [9.17, 15) is 4.79 Å². The Kier molecular flexibility index (Phi) is 5.51. The second-order valence-electron chi connectivity index (χ2n) is 7.09. The van der Waals surface area contributed by atoms with Crippen molar-refractivity contribution < 1.29 is 4.79 Å². The van der Waals surface area contributed by atoms with Gasteiger partial charge in [0.25, 0.3) is 0 Å². The number of rotatable bonds is 4. The van der Waals surface area contributed by atoms with Gasteiger partial charge in [-0.3, -0.25) is 4.79 Å². The molecule has 0 spiro atoms. The number of aromatic nitrogens is 2. The molecular weight excluding hydrogens is 392 g/mol. The summed E-state index contributed by atoms with van der Waals surface area (Å²) in [6.07, 6.45) is 0.713. The first kappa shape index (κ1) is 19.2. The van der Waals surface area contributed by atoms with Crippen LogP contribution in [0.2, 0.25) is 0 Å². The van der Waals surface area contributed by atoms with Gasteiger partial charge in [0.2, 0.25) is 5.91 Å². The molecule has 1 aliphatic rings. The van der Waals surface area contributed by atoms with E-state index in [1.807, 2.05) is 23.1 Å². The van der Waals surface area contributed by atoms with Gasteiger partial charge in [0.05, 0.1) is 5.39 Å². The van der Waals surface area contributed by atoms with Crippen molar-refractivity contribution in [3.05, 3.63) is 52.2 Å². The van der Waals surface area contributed by atoms with Crippen LogP contribution in [-0.2, 0) is 11.2 Å². The Morgan fingerprint density at radius 1 is 1.11 bits per heavy atom. The first-order chi connectivity index (χ1) is 13.6. The maximum atomic E-state index is 11.9. The number of fused-ring (bicyclic) bond motifs is 1. The molecule has 1 fully saturated rings. The molecule has 0 unspecified atom stereocenters. The third kappa shape index (κ3) is 3.71. The lowest BCUT2D eigenvalue weighted by atomic mass is 10.1. The van der Waals surface area contributed by atoms with Crippen LogP contribution >= 0.6 is 22.9 Å². The summed E-state index contributed by atoms with van der Waals surface area (Å²) in [4.78, 5) is 28.2. The zero-order chi connectivity index (χ0) is 19.7. The molecule has 1 amide bonds. The Labute approximate surface area is 174 Å². The number of anilines is 1. The summed E-state index contributed by atoms with van der Waals surface area (Å²) in [5.41, 5.74) is 2.45. The van der Waals surface area contributed by atoms with Gasteiger partial charge in [-0.2, -0.15) is 0 Å². The van der Waals surface area contributed by atoms with Crippen molar-refractivity contribution in [2.24, 2.45) is 0 Å². The zero-order valence-corrected chi connectivity index (χ0v) is 17.7. The molecule has 0 atom stereocenters. The van der Waals surface area contributed by atoms with Gasteiger partial charge in [-0.15, -0.1) is 22.9 Å². The van der Waals surface area contributed by atoms with E-state index in [1.54, 1.807) is 11.3 Å². The smallest absolute Gasteiger partial charge is 0.237 e. The van der Waals surface area contributed by atoms with Gasteiger partial charge in [-0.1, -0.05) is 30.3 Å². The van der Waals surface area contributed by atoms with Crippen LogP contribution in [0.15, 0.2) is 30.3 Å². The zero-order valence-electron chi connectivity index (χ0n) is 16.1. The second kappa shape index (κ2) is 8.05. The molecule has 0 radical (unpaired) electrons. The van der Waals surface area contributed by atoms with Gasteiger partial charge < -0.3 is 9.80 Å². The number of hydrogen-bond donors (Lipinski definition) is 0. The molecule has 146 valence electrons. The number of carbonyl (C=O) groups excluding carboxylic acids is 1. The van der Waals surface area contributed by atoms with Crippen LogP contribution in [0.4, 0.5) is 5.82 Å². The van der Waals surface area contributed by atoms with Crippen molar-refractivity contribution in [3.63, 3.8) is 0 Å². The van der Waals surface area contributed by atoms with E-state index >= 15 is 0 Å². The quantitative estimate of drug-likeness (QED) is 0.609. The molecule has 7 heteroatoms. The Morgan fingerprint density at radius 3 is 2.50 bits per heavy atom. The van der Waals surface area contributed by atoms with E-state index in [0.29, 0.717) is 19.5 Å². The molecule has 1 aromatic carbocycles. The highest BCUT2D eigenvalue weighted by atomic mass is 35.5. The average molecular weight is 415 g/mol. The Balaban J connectivity index is 1.69. The van der Waals surface area contributed by atoms with Crippen LogP contribution in [0.5, 0.6) is 0 Å². The molecule has 1 aliphatic heterocycles. The summed E-state index contributed by atoms with van der Waals surface area (Å²) in [6.45, 7) is 7.15. The Hall–Kier alpha value is -2.18. The second-order valence-corrected chi connectivity index (χ2v) is 8.56. The molecule has 0 N–H and O–H groups in total. The van der Waals surface area contributed by atoms with Gasteiger partial charge in [0.1, 0.15) is 22.4 Å². The van der Waals surface area contributed by atoms with Crippen molar-refractivity contribution in [1.29, 1.82) is 0 Å². The van der Waals surface area contributed by atoms with E-state index < -0.39 is 0 Å². The predicted octanol–water partition coefficient (Wildman–Crippen LogP) is 3.79. The number of hydrogen-bond acceptors (Lipinski definition) is 5. The SMILES string of the molecule is Cc1sc2nc(Cc3ccccc3)nc(N3CCN(C(=O)CCl)CC3)c2c1C. The van der Waals surface area contributed by atoms with Crippen LogP contribution in [-0.4, -0.2) is 52.8 Å². The fourth-order valence-electron chi connectivity index (χ4n) is 3.61. The number of carbonyl (C=O) groups is 1. The Bertz CT molecular complexity index is 997.